The van der Waals surface area contributed by atoms with Crippen molar-refractivity contribution in [3.63, 3.8) is 0 Å². The predicted molar refractivity (Wildman–Crippen MR) is 158 cm³/mol. The number of aliphatic hydroxyl groups excluding tert-OH is 1. The lowest BCUT2D eigenvalue weighted by atomic mass is 9.86. The molecular formula is C28H37ClF2N2O4SSi. The van der Waals surface area contributed by atoms with Crippen LogP contribution in [0.3, 0.4) is 0 Å². The minimum Gasteiger partial charge on any atom is -0.450 e. The first kappa shape index (κ1) is 31.6. The molecule has 0 amide bonds. The summed E-state index contributed by atoms with van der Waals surface area (Å²) in [6.45, 7) is 9.97. The monoisotopic (exact) mass is 598 g/mol. The molecule has 1 aromatic carbocycles. The number of methoxy groups -OCH3 is 1. The molecule has 0 radical (unpaired) electrons. The first-order valence-electron chi connectivity index (χ1n) is 12.8. The van der Waals surface area contributed by atoms with E-state index in [0.29, 0.717) is 52.5 Å². The van der Waals surface area contributed by atoms with Gasteiger partial charge in [0.25, 0.3) is 0 Å². The highest BCUT2D eigenvalue weighted by Gasteiger charge is 2.24. The Morgan fingerprint density at radius 1 is 1.23 bits per heavy atom. The van der Waals surface area contributed by atoms with E-state index in [1.165, 1.54) is 24.4 Å². The molecule has 6 nitrogen and oxygen atoms in total. The predicted octanol–water partition coefficient (Wildman–Crippen LogP) is 7.41. The second kappa shape index (κ2) is 13.6. The number of thiocarbonyl (C=S) groups is 1. The Bertz CT molecular complexity index is 1280. The van der Waals surface area contributed by atoms with Crippen LogP contribution in [0.1, 0.15) is 25.3 Å². The lowest BCUT2D eigenvalue weighted by Gasteiger charge is -2.26. The van der Waals surface area contributed by atoms with Gasteiger partial charge in [-0.25, -0.2) is 13.8 Å². The van der Waals surface area contributed by atoms with Crippen LogP contribution in [-0.4, -0.2) is 54.5 Å². The molecule has 1 atom stereocenters. The van der Waals surface area contributed by atoms with Gasteiger partial charge in [0.15, 0.2) is 17.4 Å². The summed E-state index contributed by atoms with van der Waals surface area (Å²) in [7, 11) is 0.351. The Morgan fingerprint density at radius 2 is 1.92 bits per heavy atom. The zero-order valence-corrected chi connectivity index (χ0v) is 25.7. The van der Waals surface area contributed by atoms with Crippen LogP contribution in [0.4, 0.5) is 8.78 Å². The smallest absolute Gasteiger partial charge is 0.198 e. The summed E-state index contributed by atoms with van der Waals surface area (Å²) >= 11 is 11.9. The van der Waals surface area contributed by atoms with Crippen LogP contribution < -0.4 is 4.74 Å². The first-order chi connectivity index (χ1) is 18.4. The van der Waals surface area contributed by atoms with Crippen molar-refractivity contribution in [1.82, 2.24) is 9.55 Å². The number of aliphatic hydroxyl groups is 1. The fraction of sp³-hybridized carbons (Fsp3) is 0.500. The van der Waals surface area contributed by atoms with Crippen molar-refractivity contribution in [3.05, 3.63) is 52.8 Å². The van der Waals surface area contributed by atoms with Gasteiger partial charge in [0, 0.05) is 46.0 Å². The third-order valence-corrected chi connectivity index (χ3v) is 8.79. The standard InChI is InChI=1S/C28H37ClF2N2O4SSi/c1-28(16-34,17-35-2)8-6-20(38)12-19-13-22(30)26(23(31)14-19)37-24-7-9-32-27-25(24)21(29)15-33(27)18-36-10-11-39(3,4)5/h7,9,13-15,34H,6,8,10-12,16-18H2,1-5H3. The quantitative estimate of drug-likeness (QED) is 0.112. The van der Waals surface area contributed by atoms with E-state index in [0.717, 1.165) is 6.04 Å². The van der Waals surface area contributed by atoms with E-state index in [1.807, 2.05) is 6.92 Å². The minimum absolute atomic E-state index is 0.0416. The fourth-order valence-electron chi connectivity index (χ4n) is 4.09. The Kier molecular flexibility index (Phi) is 11.0. The van der Waals surface area contributed by atoms with Gasteiger partial charge in [0.1, 0.15) is 18.1 Å². The van der Waals surface area contributed by atoms with E-state index >= 15 is 8.78 Å². The molecule has 214 valence electrons. The van der Waals surface area contributed by atoms with Crippen LogP contribution in [-0.2, 0) is 22.6 Å². The van der Waals surface area contributed by atoms with Gasteiger partial charge in [0.2, 0.25) is 0 Å². The van der Waals surface area contributed by atoms with Crippen LogP contribution in [0.5, 0.6) is 11.5 Å². The normalized spacial score (nSPS) is 13.6. The fourth-order valence-corrected chi connectivity index (χ4v) is 5.41. The van der Waals surface area contributed by atoms with Gasteiger partial charge >= 0.3 is 0 Å². The molecule has 3 aromatic rings. The number of halogens is 3. The van der Waals surface area contributed by atoms with Crippen molar-refractivity contribution in [3.8, 4) is 11.5 Å². The molecule has 1 unspecified atom stereocenters. The van der Waals surface area contributed by atoms with Crippen LogP contribution in [0.2, 0.25) is 30.7 Å². The number of hydrogen-bond acceptors (Lipinski definition) is 6. The average molecular weight is 599 g/mol. The number of fused-ring (bicyclic) bond motifs is 1. The number of hydrogen-bond donors (Lipinski definition) is 1. The van der Waals surface area contributed by atoms with Crippen molar-refractivity contribution in [2.45, 2.75) is 58.6 Å². The summed E-state index contributed by atoms with van der Waals surface area (Å²) in [6, 6.07) is 4.99. The number of benzene rings is 1. The molecule has 0 spiro atoms. The number of ether oxygens (including phenoxy) is 3. The van der Waals surface area contributed by atoms with Gasteiger partial charge < -0.3 is 23.9 Å². The van der Waals surface area contributed by atoms with Crippen molar-refractivity contribution in [2.75, 3.05) is 26.9 Å². The van der Waals surface area contributed by atoms with E-state index < -0.39 is 30.9 Å². The average Bonchev–Trinajstić information content (AvgIpc) is 3.18. The lowest BCUT2D eigenvalue weighted by molar-refractivity contribution is 0.0379. The number of rotatable bonds is 15. The largest absolute Gasteiger partial charge is 0.450 e. The highest BCUT2D eigenvalue weighted by Crippen LogP contribution is 2.37. The maximum Gasteiger partial charge on any atom is 0.198 e. The topological polar surface area (TPSA) is 65.7 Å². The van der Waals surface area contributed by atoms with Crippen molar-refractivity contribution < 1.29 is 28.1 Å². The maximum atomic E-state index is 15.1. The van der Waals surface area contributed by atoms with Crippen LogP contribution >= 0.6 is 23.8 Å². The van der Waals surface area contributed by atoms with Gasteiger partial charge in [-0.15, -0.1) is 0 Å². The Morgan fingerprint density at radius 3 is 2.54 bits per heavy atom. The molecule has 39 heavy (non-hydrogen) atoms. The van der Waals surface area contributed by atoms with E-state index in [9.17, 15) is 5.11 Å². The number of aromatic nitrogens is 2. The number of pyridine rings is 1. The van der Waals surface area contributed by atoms with Crippen LogP contribution in [0, 0.1) is 17.0 Å². The molecule has 2 heterocycles. The minimum atomic E-state index is -1.23. The third-order valence-electron chi connectivity index (χ3n) is 6.45. The second-order valence-corrected chi connectivity index (χ2v) is 18.0. The van der Waals surface area contributed by atoms with E-state index in [-0.39, 0.29) is 25.5 Å². The zero-order chi connectivity index (χ0) is 28.8. The Labute approximate surface area is 240 Å². The Hall–Kier alpha value is -1.95. The SMILES string of the molecule is COCC(C)(CO)CCC(=S)Cc1cc(F)c(Oc2ccnc3c2c(Cl)cn3COCC[Si](C)(C)C)c(F)c1. The summed E-state index contributed by atoms with van der Waals surface area (Å²) in [5.74, 6) is -2.03. The van der Waals surface area contributed by atoms with Crippen molar-refractivity contribution >= 4 is 47.8 Å². The number of nitrogens with zero attached hydrogens (tertiary/aromatic N) is 2. The van der Waals surface area contributed by atoms with Gasteiger partial charge in [-0.05, 0) is 47.5 Å². The second-order valence-electron chi connectivity index (χ2n) is 11.4. The van der Waals surface area contributed by atoms with Crippen molar-refractivity contribution in [1.29, 1.82) is 0 Å². The highest BCUT2D eigenvalue weighted by molar-refractivity contribution is 7.80. The van der Waals surface area contributed by atoms with E-state index in [2.05, 4.69) is 24.6 Å². The van der Waals surface area contributed by atoms with E-state index in [1.54, 1.807) is 17.9 Å². The third kappa shape index (κ3) is 8.76. The molecule has 0 aliphatic rings. The molecule has 0 saturated carbocycles. The molecule has 0 aliphatic carbocycles. The molecular weight excluding hydrogens is 562 g/mol. The van der Waals surface area contributed by atoms with Gasteiger partial charge in [-0.3, -0.25) is 0 Å². The summed E-state index contributed by atoms with van der Waals surface area (Å²) in [6.07, 6.45) is 4.52. The van der Waals surface area contributed by atoms with Gasteiger partial charge in [-0.1, -0.05) is 50.4 Å². The van der Waals surface area contributed by atoms with E-state index in [4.69, 9.17) is 38.0 Å². The zero-order valence-electron chi connectivity index (χ0n) is 23.2. The molecule has 0 aliphatic heterocycles. The molecule has 3 rings (SSSR count). The molecule has 11 heteroatoms. The maximum absolute atomic E-state index is 15.1. The lowest BCUT2D eigenvalue weighted by Crippen LogP contribution is -2.28. The summed E-state index contributed by atoms with van der Waals surface area (Å²) in [5, 5.41) is 10.4. The molecule has 2 aromatic heterocycles. The van der Waals surface area contributed by atoms with Gasteiger partial charge in [0.05, 0.1) is 23.6 Å². The summed E-state index contributed by atoms with van der Waals surface area (Å²) < 4.78 is 48.6. The van der Waals surface area contributed by atoms with Crippen LogP contribution in [0.25, 0.3) is 11.0 Å². The Balaban J connectivity index is 1.73. The summed E-state index contributed by atoms with van der Waals surface area (Å²) in [4.78, 5) is 5.01. The molecule has 0 bridgehead atoms. The highest BCUT2D eigenvalue weighted by atomic mass is 35.5. The van der Waals surface area contributed by atoms with Crippen LogP contribution in [0.15, 0.2) is 30.6 Å². The van der Waals surface area contributed by atoms with Crippen molar-refractivity contribution in [2.24, 2.45) is 5.41 Å². The molecule has 0 fully saturated rings. The molecule has 0 saturated heterocycles. The molecule has 1 N–H and O–H groups in total. The first-order valence-corrected chi connectivity index (χ1v) is 17.3. The van der Waals surface area contributed by atoms with Gasteiger partial charge in [-0.2, -0.15) is 0 Å². The summed E-state index contributed by atoms with van der Waals surface area (Å²) in [5.41, 5.74) is 0.472.